The smallest absolute Gasteiger partial charge is 0.276 e. The van der Waals surface area contributed by atoms with Gasteiger partial charge in [0.25, 0.3) is 5.91 Å². The molecular formula is C25H29N3O3. The normalized spacial score (nSPS) is 26.2. The number of rotatable bonds is 3. The Morgan fingerprint density at radius 1 is 1.16 bits per heavy atom. The van der Waals surface area contributed by atoms with Crippen LogP contribution in [0.1, 0.15) is 55.6 Å². The molecule has 2 amide bonds. The molecular weight excluding hydrogens is 390 g/mol. The Balaban J connectivity index is 1.58. The van der Waals surface area contributed by atoms with Crippen molar-refractivity contribution in [1.82, 2.24) is 9.88 Å². The molecule has 1 aliphatic heterocycles. The van der Waals surface area contributed by atoms with Crippen LogP contribution in [0.25, 0.3) is 11.1 Å². The zero-order valence-corrected chi connectivity index (χ0v) is 18.4. The number of anilines is 1. The third kappa shape index (κ3) is 3.16. The SMILES string of the molecule is Cc1ccccc1N1C(=O)c2cc3occc3n2C[C@@]1(C)C(=O)NC1CCC(C)CC1. The van der Waals surface area contributed by atoms with E-state index in [1.807, 2.05) is 48.7 Å². The van der Waals surface area contributed by atoms with Crippen molar-refractivity contribution < 1.29 is 14.0 Å². The summed E-state index contributed by atoms with van der Waals surface area (Å²) in [6.07, 6.45) is 5.85. The van der Waals surface area contributed by atoms with Crippen molar-refractivity contribution >= 4 is 28.6 Å². The predicted molar refractivity (Wildman–Crippen MR) is 120 cm³/mol. The van der Waals surface area contributed by atoms with E-state index in [2.05, 4.69) is 12.2 Å². The van der Waals surface area contributed by atoms with Crippen LogP contribution in [0, 0.1) is 12.8 Å². The van der Waals surface area contributed by atoms with Gasteiger partial charge in [-0.15, -0.1) is 0 Å². The van der Waals surface area contributed by atoms with Gasteiger partial charge in [-0.1, -0.05) is 25.1 Å². The molecule has 1 aliphatic carbocycles. The maximum Gasteiger partial charge on any atom is 0.276 e. The monoisotopic (exact) mass is 419 g/mol. The van der Waals surface area contributed by atoms with Gasteiger partial charge < -0.3 is 14.3 Å². The number of hydrogen-bond acceptors (Lipinski definition) is 3. The Hall–Kier alpha value is -3.02. The van der Waals surface area contributed by atoms with Crippen LogP contribution >= 0.6 is 0 Å². The Labute approximate surface area is 182 Å². The molecule has 1 atom stereocenters. The summed E-state index contributed by atoms with van der Waals surface area (Å²) in [5, 5.41) is 3.28. The zero-order chi connectivity index (χ0) is 21.8. The van der Waals surface area contributed by atoms with Gasteiger partial charge >= 0.3 is 0 Å². The van der Waals surface area contributed by atoms with E-state index < -0.39 is 5.54 Å². The van der Waals surface area contributed by atoms with Crippen LogP contribution in [0.15, 0.2) is 47.1 Å². The van der Waals surface area contributed by atoms with Crippen molar-refractivity contribution in [2.45, 2.75) is 64.6 Å². The lowest BCUT2D eigenvalue weighted by atomic mass is 9.86. The minimum Gasteiger partial charge on any atom is -0.463 e. The van der Waals surface area contributed by atoms with Crippen LogP contribution in [0.5, 0.6) is 0 Å². The first-order chi connectivity index (χ1) is 14.9. The number of nitrogens with one attached hydrogen (secondary N) is 1. The summed E-state index contributed by atoms with van der Waals surface area (Å²) in [6, 6.07) is 11.6. The maximum absolute atomic E-state index is 13.8. The Morgan fingerprint density at radius 3 is 2.65 bits per heavy atom. The minimum absolute atomic E-state index is 0.0975. The van der Waals surface area contributed by atoms with E-state index in [1.54, 1.807) is 17.2 Å². The zero-order valence-electron chi connectivity index (χ0n) is 18.4. The maximum atomic E-state index is 13.8. The second-order valence-corrected chi connectivity index (χ2v) is 9.42. The fraction of sp³-hybridized carbons (Fsp3) is 0.440. The molecule has 1 aromatic carbocycles. The highest BCUT2D eigenvalue weighted by Gasteiger charge is 2.49. The quantitative estimate of drug-likeness (QED) is 0.672. The molecule has 0 unspecified atom stereocenters. The first-order valence-electron chi connectivity index (χ1n) is 11.2. The van der Waals surface area contributed by atoms with Crippen molar-refractivity contribution in [2.75, 3.05) is 4.90 Å². The van der Waals surface area contributed by atoms with E-state index in [-0.39, 0.29) is 17.9 Å². The van der Waals surface area contributed by atoms with Gasteiger partial charge in [-0.2, -0.15) is 0 Å². The van der Waals surface area contributed by atoms with Gasteiger partial charge in [0.2, 0.25) is 5.91 Å². The highest BCUT2D eigenvalue weighted by Crippen LogP contribution is 2.37. The molecule has 0 spiro atoms. The molecule has 2 aromatic heterocycles. The fourth-order valence-corrected chi connectivity index (χ4v) is 5.15. The average molecular weight is 420 g/mol. The van der Waals surface area contributed by atoms with Gasteiger partial charge in [0, 0.05) is 23.9 Å². The van der Waals surface area contributed by atoms with Crippen molar-refractivity contribution in [1.29, 1.82) is 0 Å². The van der Waals surface area contributed by atoms with E-state index in [9.17, 15) is 9.59 Å². The number of benzene rings is 1. The summed E-state index contributed by atoms with van der Waals surface area (Å²) in [7, 11) is 0. The van der Waals surface area contributed by atoms with E-state index in [1.165, 1.54) is 0 Å². The molecule has 1 fully saturated rings. The van der Waals surface area contributed by atoms with Crippen molar-refractivity contribution in [3.63, 3.8) is 0 Å². The number of para-hydroxylation sites is 1. The highest BCUT2D eigenvalue weighted by atomic mass is 16.3. The van der Waals surface area contributed by atoms with Gasteiger partial charge in [0.15, 0.2) is 5.58 Å². The lowest BCUT2D eigenvalue weighted by Gasteiger charge is -2.45. The largest absolute Gasteiger partial charge is 0.463 e. The van der Waals surface area contributed by atoms with Gasteiger partial charge in [-0.3, -0.25) is 14.5 Å². The molecule has 0 radical (unpaired) electrons. The van der Waals surface area contributed by atoms with E-state index in [0.717, 1.165) is 42.5 Å². The third-order valence-corrected chi connectivity index (χ3v) is 7.10. The number of aromatic nitrogens is 1. The molecule has 5 rings (SSSR count). The number of furan rings is 1. The molecule has 31 heavy (non-hydrogen) atoms. The molecule has 1 saturated carbocycles. The summed E-state index contributed by atoms with van der Waals surface area (Å²) in [4.78, 5) is 29.2. The van der Waals surface area contributed by atoms with Crippen LogP contribution in [-0.2, 0) is 11.3 Å². The van der Waals surface area contributed by atoms with Crippen LogP contribution in [-0.4, -0.2) is 28.0 Å². The molecule has 6 heteroatoms. The first kappa shape index (κ1) is 19.9. The summed E-state index contributed by atoms with van der Waals surface area (Å²) in [6.45, 7) is 6.50. The molecule has 0 bridgehead atoms. The molecule has 162 valence electrons. The number of hydrogen-bond donors (Lipinski definition) is 1. The number of fused-ring (bicyclic) bond motifs is 3. The molecule has 2 aliphatic rings. The Bertz CT molecular complexity index is 1150. The molecule has 3 aromatic rings. The minimum atomic E-state index is -1.05. The Morgan fingerprint density at radius 2 is 1.90 bits per heavy atom. The summed E-state index contributed by atoms with van der Waals surface area (Å²) in [5.41, 5.74) is 2.74. The average Bonchev–Trinajstić information content (AvgIpc) is 3.33. The van der Waals surface area contributed by atoms with Gasteiger partial charge in [-0.05, 0) is 57.1 Å². The number of nitrogens with zero attached hydrogens (tertiary/aromatic N) is 2. The second-order valence-electron chi connectivity index (χ2n) is 9.42. The second kappa shape index (κ2) is 7.29. The third-order valence-electron chi connectivity index (χ3n) is 7.10. The predicted octanol–water partition coefficient (Wildman–Crippen LogP) is 4.66. The topological polar surface area (TPSA) is 67.5 Å². The van der Waals surface area contributed by atoms with Crippen LogP contribution in [0.3, 0.4) is 0 Å². The summed E-state index contributed by atoms with van der Waals surface area (Å²) in [5.74, 6) is 0.432. The van der Waals surface area contributed by atoms with Crippen LogP contribution in [0.4, 0.5) is 5.69 Å². The van der Waals surface area contributed by atoms with Crippen LogP contribution < -0.4 is 10.2 Å². The molecule has 3 heterocycles. The van der Waals surface area contributed by atoms with E-state index >= 15 is 0 Å². The van der Waals surface area contributed by atoms with Gasteiger partial charge in [0.05, 0.1) is 18.3 Å². The lowest BCUT2D eigenvalue weighted by Crippen LogP contribution is -2.65. The summed E-state index contributed by atoms with van der Waals surface area (Å²) >= 11 is 0. The molecule has 1 N–H and O–H groups in total. The number of carbonyl (C=O) groups is 2. The Kier molecular flexibility index (Phi) is 4.68. The lowest BCUT2D eigenvalue weighted by molar-refractivity contribution is -0.127. The molecule has 6 nitrogen and oxygen atoms in total. The van der Waals surface area contributed by atoms with Crippen molar-refractivity contribution in [2.24, 2.45) is 5.92 Å². The van der Waals surface area contributed by atoms with Crippen molar-refractivity contribution in [3.8, 4) is 0 Å². The van der Waals surface area contributed by atoms with Crippen molar-refractivity contribution in [3.05, 3.63) is 53.9 Å². The fourth-order valence-electron chi connectivity index (χ4n) is 5.15. The van der Waals surface area contributed by atoms with Gasteiger partial charge in [-0.25, -0.2) is 0 Å². The number of carbonyl (C=O) groups excluding carboxylic acids is 2. The standard InChI is InChI=1S/C25H29N3O3/c1-16-8-10-18(11-9-16)26-24(30)25(3)15-27-20-12-13-31-22(20)14-21(27)23(29)28(25)19-7-5-4-6-17(19)2/h4-7,12-14,16,18H,8-11,15H2,1-3H3,(H,26,30)/t16?,18?,25-/m0/s1. The van der Waals surface area contributed by atoms with E-state index in [0.29, 0.717) is 23.7 Å². The molecule has 0 saturated heterocycles. The summed E-state index contributed by atoms with van der Waals surface area (Å²) < 4.78 is 7.48. The van der Waals surface area contributed by atoms with Gasteiger partial charge in [0.1, 0.15) is 11.2 Å². The number of amides is 2. The highest BCUT2D eigenvalue weighted by molar-refractivity contribution is 6.14. The van der Waals surface area contributed by atoms with E-state index in [4.69, 9.17) is 4.42 Å². The van der Waals surface area contributed by atoms with Crippen LogP contribution in [0.2, 0.25) is 0 Å². The number of aryl methyl sites for hydroxylation is 1. The first-order valence-corrected chi connectivity index (χ1v) is 11.2.